The molecule has 2 aliphatic rings. The number of benzene rings is 1. The second kappa shape index (κ2) is 7.52. The van der Waals surface area contributed by atoms with Crippen LogP contribution >= 0.6 is 11.8 Å². The van der Waals surface area contributed by atoms with E-state index in [-0.39, 0.29) is 5.54 Å². The number of imide groups is 1. The predicted molar refractivity (Wildman–Crippen MR) is 116 cm³/mol. The molecule has 0 N–H and O–H groups in total. The summed E-state index contributed by atoms with van der Waals surface area (Å²) in [6, 6.07) is 3.33. The largest absolute Gasteiger partial charge is 0.467 e. The number of thioether (sulfide) groups is 1. The molecule has 1 fully saturated rings. The highest BCUT2D eigenvalue weighted by Crippen LogP contribution is 2.44. The van der Waals surface area contributed by atoms with Gasteiger partial charge in [0.05, 0.1) is 12.0 Å². The Labute approximate surface area is 176 Å². The molecular formula is C22H28N2O4S. The minimum atomic E-state index is -0.945. The summed E-state index contributed by atoms with van der Waals surface area (Å²) < 4.78 is 4.68. The normalized spacial score (nSPS) is 23.4. The summed E-state index contributed by atoms with van der Waals surface area (Å²) in [7, 11) is 3.35. The van der Waals surface area contributed by atoms with Gasteiger partial charge in [-0.15, -0.1) is 0 Å². The molecule has 1 aromatic rings. The van der Waals surface area contributed by atoms with Gasteiger partial charge in [0, 0.05) is 18.3 Å². The number of aryl methyl sites for hydroxylation is 1. The SMILES string of the molecule is COC(=O)[C@H](C)N1C(=O)S/C(=C/c2cc3c(cc2C)N(C)C(C)(C)C[C@H]3C)C1=O. The van der Waals surface area contributed by atoms with Gasteiger partial charge in [-0.1, -0.05) is 6.92 Å². The van der Waals surface area contributed by atoms with Crippen LogP contribution in [0.5, 0.6) is 0 Å². The number of rotatable bonds is 3. The van der Waals surface area contributed by atoms with Crippen molar-refractivity contribution in [3.05, 3.63) is 33.7 Å². The molecule has 0 saturated carbocycles. The molecule has 2 atom stereocenters. The first-order chi connectivity index (χ1) is 13.5. The van der Waals surface area contributed by atoms with Crippen LogP contribution in [0.15, 0.2) is 17.0 Å². The minimum absolute atomic E-state index is 0.0764. The number of hydrogen-bond acceptors (Lipinski definition) is 6. The quantitative estimate of drug-likeness (QED) is 0.540. The molecule has 3 rings (SSSR count). The monoisotopic (exact) mass is 416 g/mol. The zero-order chi connectivity index (χ0) is 21.7. The third-order valence-corrected chi connectivity index (χ3v) is 6.94. The molecule has 1 saturated heterocycles. The Morgan fingerprint density at radius 2 is 2.00 bits per heavy atom. The number of carbonyl (C=O) groups excluding carboxylic acids is 3. The average molecular weight is 417 g/mol. The van der Waals surface area contributed by atoms with Crippen LogP contribution in [0.2, 0.25) is 0 Å². The van der Waals surface area contributed by atoms with Gasteiger partial charge in [-0.3, -0.25) is 14.5 Å². The van der Waals surface area contributed by atoms with E-state index in [0.29, 0.717) is 10.8 Å². The minimum Gasteiger partial charge on any atom is -0.467 e. The van der Waals surface area contributed by atoms with E-state index in [9.17, 15) is 14.4 Å². The second-order valence-corrected chi connectivity index (χ2v) is 9.49. The lowest BCUT2D eigenvalue weighted by molar-refractivity contribution is -0.148. The highest BCUT2D eigenvalue weighted by atomic mass is 32.2. The number of anilines is 1. The number of hydrogen-bond donors (Lipinski definition) is 0. The molecule has 0 bridgehead atoms. The lowest BCUT2D eigenvalue weighted by atomic mass is 9.79. The molecule has 2 heterocycles. The topological polar surface area (TPSA) is 66.9 Å². The maximum atomic E-state index is 12.8. The summed E-state index contributed by atoms with van der Waals surface area (Å²) in [4.78, 5) is 40.5. The maximum Gasteiger partial charge on any atom is 0.328 e. The lowest BCUT2D eigenvalue weighted by Gasteiger charge is -2.45. The van der Waals surface area contributed by atoms with Gasteiger partial charge in [0.2, 0.25) is 0 Å². The van der Waals surface area contributed by atoms with E-state index < -0.39 is 23.2 Å². The van der Waals surface area contributed by atoms with E-state index in [2.05, 4.69) is 49.6 Å². The fraction of sp³-hybridized carbons (Fsp3) is 0.500. The van der Waals surface area contributed by atoms with Crippen molar-refractivity contribution in [2.45, 2.75) is 58.5 Å². The summed E-state index contributed by atoms with van der Waals surface area (Å²) in [5.41, 5.74) is 4.47. The molecule has 0 radical (unpaired) electrons. The standard InChI is InChI=1S/C22H28N2O4S/c1-12-8-17-16(13(2)11-22(4,5)23(17)6)9-15(12)10-18-19(25)24(21(27)29-18)14(3)20(26)28-7/h8-10,13-14H,11H2,1-7H3/b18-10+/t13-,14+/m1/s1. The number of ether oxygens (including phenoxy) is 1. The average Bonchev–Trinajstić information content (AvgIpc) is 2.92. The van der Waals surface area contributed by atoms with Crippen LogP contribution in [0, 0.1) is 6.92 Å². The van der Waals surface area contributed by atoms with Crippen LogP contribution in [0.25, 0.3) is 6.08 Å². The van der Waals surface area contributed by atoms with Crippen molar-refractivity contribution in [2.24, 2.45) is 0 Å². The summed E-state index contributed by atoms with van der Waals surface area (Å²) in [5, 5.41) is -0.454. The number of fused-ring (bicyclic) bond motifs is 1. The molecule has 0 aromatic heterocycles. The van der Waals surface area contributed by atoms with E-state index in [1.807, 2.05) is 6.92 Å². The first kappa shape index (κ1) is 21.4. The zero-order valence-electron chi connectivity index (χ0n) is 18.0. The Balaban J connectivity index is 1.98. The highest BCUT2D eigenvalue weighted by Gasteiger charge is 2.41. The van der Waals surface area contributed by atoms with Crippen molar-refractivity contribution in [3.63, 3.8) is 0 Å². The van der Waals surface area contributed by atoms with Crippen molar-refractivity contribution < 1.29 is 19.1 Å². The molecular weight excluding hydrogens is 388 g/mol. The molecule has 0 spiro atoms. The number of carbonyl (C=O) groups is 3. The number of esters is 1. The first-order valence-corrected chi connectivity index (χ1v) is 10.5. The number of nitrogens with zero attached hydrogens (tertiary/aromatic N) is 2. The Kier molecular flexibility index (Phi) is 5.56. The van der Waals surface area contributed by atoms with Crippen LogP contribution in [0.4, 0.5) is 10.5 Å². The van der Waals surface area contributed by atoms with E-state index in [1.165, 1.54) is 25.3 Å². The van der Waals surface area contributed by atoms with Gasteiger partial charge in [0.25, 0.3) is 11.1 Å². The summed E-state index contributed by atoms with van der Waals surface area (Å²) >= 11 is 0.860. The second-order valence-electron chi connectivity index (χ2n) is 8.50. The van der Waals surface area contributed by atoms with E-state index in [0.717, 1.165) is 34.2 Å². The van der Waals surface area contributed by atoms with E-state index in [1.54, 1.807) is 6.08 Å². The van der Waals surface area contributed by atoms with E-state index >= 15 is 0 Å². The van der Waals surface area contributed by atoms with Crippen LogP contribution in [0.3, 0.4) is 0 Å². The van der Waals surface area contributed by atoms with Gasteiger partial charge in [-0.2, -0.15) is 0 Å². The first-order valence-electron chi connectivity index (χ1n) is 9.71. The number of amides is 2. The molecule has 156 valence electrons. The molecule has 2 aliphatic heterocycles. The summed E-state index contributed by atoms with van der Waals surface area (Å²) in [5.74, 6) is -0.683. The Bertz CT molecular complexity index is 922. The van der Waals surface area contributed by atoms with Gasteiger partial charge < -0.3 is 9.64 Å². The molecule has 0 unspecified atom stereocenters. The number of methoxy groups -OCH3 is 1. The van der Waals surface area contributed by atoms with Crippen LogP contribution in [-0.2, 0) is 14.3 Å². The third kappa shape index (κ3) is 3.68. The fourth-order valence-electron chi connectivity index (χ4n) is 4.12. The summed E-state index contributed by atoms with van der Waals surface area (Å²) in [6.45, 7) is 10.2. The maximum absolute atomic E-state index is 12.8. The van der Waals surface area contributed by atoms with Crippen molar-refractivity contribution in [1.29, 1.82) is 0 Å². The smallest absolute Gasteiger partial charge is 0.328 e. The molecule has 2 amide bonds. The highest BCUT2D eigenvalue weighted by molar-refractivity contribution is 8.18. The van der Waals surface area contributed by atoms with Gasteiger partial charge in [0.1, 0.15) is 6.04 Å². The van der Waals surface area contributed by atoms with Crippen molar-refractivity contribution >= 4 is 40.6 Å². The molecule has 0 aliphatic carbocycles. The molecule has 29 heavy (non-hydrogen) atoms. The summed E-state index contributed by atoms with van der Waals surface area (Å²) in [6.07, 6.45) is 2.79. The van der Waals surface area contributed by atoms with Gasteiger partial charge >= 0.3 is 5.97 Å². The van der Waals surface area contributed by atoms with Crippen LogP contribution in [-0.4, -0.2) is 47.8 Å². The lowest BCUT2D eigenvalue weighted by Crippen LogP contribution is -2.45. The van der Waals surface area contributed by atoms with Gasteiger partial charge in [-0.25, -0.2) is 4.79 Å². The third-order valence-electron chi connectivity index (χ3n) is 6.06. The van der Waals surface area contributed by atoms with Crippen LogP contribution < -0.4 is 4.90 Å². The van der Waals surface area contributed by atoms with Gasteiger partial charge in [0.15, 0.2) is 0 Å². The molecule has 7 heteroatoms. The molecule has 1 aromatic carbocycles. The Morgan fingerprint density at radius 1 is 1.34 bits per heavy atom. The zero-order valence-corrected chi connectivity index (χ0v) is 18.8. The van der Waals surface area contributed by atoms with E-state index in [4.69, 9.17) is 0 Å². The van der Waals surface area contributed by atoms with Crippen molar-refractivity contribution in [2.75, 3.05) is 19.1 Å². The van der Waals surface area contributed by atoms with Gasteiger partial charge in [-0.05, 0) is 86.7 Å². The Morgan fingerprint density at radius 3 is 2.62 bits per heavy atom. The Hall–Kier alpha value is -2.28. The fourth-order valence-corrected chi connectivity index (χ4v) is 5.02. The van der Waals surface area contributed by atoms with Crippen LogP contribution in [0.1, 0.15) is 56.7 Å². The predicted octanol–water partition coefficient (Wildman–Crippen LogP) is 4.31. The molecule has 6 nitrogen and oxygen atoms in total. The van der Waals surface area contributed by atoms with Crippen molar-refractivity contribution in [3.8, 4) is 0 Å². The van der Waals surface area contributed by atoms with Crippen molar-refractivity contribution in [1.82, 2.24) is 4.90 Å².